The first-order valence-electron chi connectivity index (χ1n) is 2.35. The Morgan fingerprint density at radius 1 is 1.62 bits per heavy atom. The lowest BCUT2D eigenvalue weighted by Gasteiger charge is -1.99. The van der Waals surface area contributed by atoms with Gasteiger partial charge in [0.25, 0.3) is 0 Å². The molecule has 0 spiro atoms. The van der Waals surface area contributed by atoms with Gasteiger partial charge in [-0.2, -0.15) is 0 Å². The van der Waals surface area contributed by atoms with Crippen LogP contribution in [-0.2, 0) is 0 Å². The first-order valence-corrected chi connectivity index (χ1v) is 2.35. The van der Waals surface area contributed by atoms with Crippen molar-refractivity contribution >= 4 is 11.8 Å². The van der Waals surface area contributed by atoms with Crippen molar-refractivity contribution in [2.45, 2.75) is 13.3 Å². The van der Waals surface area contributed by atoms with Gasteiger partial charge in [0.1, 0.15) is 0 Å². The Labute approximate surface area is 48.1 Å². The van der Waals surface area contributed by atoms with Gasteiger partial charge in [0.15, 0.2) is 5.96 Å². The molecule has 0 aliphatic heterocycles. The summed E-state index contributed by atoms with van der Waals surface area (Å²) in [4.78, 5) is 0. The van der Waals surface area contributed by atoms with Crippen molar-refractivity contribution in [1.29, 1.82) is 10.8 Å². The third kappa shape index (κ3) is 3.14. The summed E-state index contributed by atoms with van der Waals surface area (Å²) in [7, 11) is 0. The lowest BCUT2D eigenvalue weighted by Crippen LogP contribution is -2.34. The van der Waals surface area contributed by atoms with Crippen LogP contribution < -0.4 is 11.1 Å². The van der Waals surface area contributed by atoms with Crippen LogP contribution in [0.4, 0.5) is 0 Å². The normalized spacial score (nSPS) is 8.12. The van der Waals surface area contributed by atoms with E-state index in [0.717, 1.165) is 0 Å². The Morgan fingerprint density at radius 2 is 2.12 bits per heavy atom. The van der Waals surface area contributed by atoms with E-state index in [0.29, 0.717) is 6.42 Å². The topological polar surface area (TPSA) is 85.8 Å². The van der Waals surface area contributed by atoms with E-state index in [-0.39, 0.29) is 11.8 Å². The maximum Gasteiger partial charge on any atom is 0.191 e. The molecule has 0 aliphatic rings. The van der Waals surface area contributed by atoms with Gasteiger partial charge in [-0.05, 0) is 0 Å². The molecular formula is C4H10N4. The average molecular weight is 114 g/mol. The summed E-state index contributed by atoms with van der Waals surface area (Å²) in [5, 5.41) is 15.9. The van der Waals surface area contributed by atoms with E-state index in [1.165, 1.54) is 0 Å². The van der Waals surface area contributed by atoms with Crippen molar-refractivity contribution in [2.24, 2.45) is 5.73 Å². The Morgan fingerprint density at radius 3 is 2.25 bits per heavy atom. The predicted octanol–water partition coefficient (Wildman–Crippen LogP) is -0.143. The molecule has 0 aliphatic carbocycles. The van der Waals surface area contributed by atoms with E-state index in [4.69, 9.17) is 16.6 Å². The molecule has 8 heavy (non-hydrogen) atoms. The summed E-state index contributed by atoms with van der Waals surface area (Å²) in [5.74, 6) is 0.106. The molecule has 0 aromatic carbocycles. The largest absolute Gasteiger partial charge is 0.370 e. The summed E-state index contributed by atoms with van der Waals surface area (Å²) in [6.45, 7) is 1.82. The molecular weight excluding hydrogens is 104 g/mol. The number of guanidine groups is 1. The third-order valence-electron chi connectivity index (χ3n) is 0.639. The van der Waals surface area contributed by atoms with Gasteiger partial charge in [0, 0.05) is 6.42 Å². The van der Waals surface area contributed by atoms with Crippen molar-refractivity contribution in [3.8, 4) is 0 Å². The van der Waals surface area contributed by atoms with Gasteiger partial charge in [0.2, 0.25) is 0 Å². The highest BCUT2D eigenvalue weighted by Gasteiger charge is 1.89. The van der Waals surface area contributed by atoms with Crippen molar-refractivity contribution in [3.63, 3.8) is 0 Å². The van der Waals surface area contributed by atoms with E-state index < -0.39 is 0 Å². The van der Waals surface area contributed by atoms with Gasteiger partial charge in [-0.3, -0.25) is 10.8 Å². The SMILES string of the molecule is CCC(=N)NC(=N)N. The van der Waals surface area contributed by atoms with Crippen molar-refractivity contribution in [3.05, 3.63) is 0 Å². The number of rotatable bonds is 1. The highest BCUT2D eigenvalue weighted by atomic mass is 15.1. The van der Waals surface area contributed by atoms with E-state index in [1.807, 2.05) is 6.92 Å². The molecule has 0 radical (unpaired) electrons. The molecule has 4 nitrogen and oxygen atoms in total. The molecule has 0 bridgehead atoms. The summed E-state index contributed by atoms with van der Waals surface area (Å²) in [5.41, 5.74) is 4.90. The molecule has 0 saturated carbocycles. The van der Waals surface area contributed by atoms with Crippen LogP contribution in [0.5, 0.6) is 0 Å². The number of nitrogens with two attached hydrogens (primary N) is 1. The summed E-state index contributed by atoms with van der Waals surface area (Å²) in [6, 6.07) is 0. The first kappa shape index (κ1) is 6.94. The summed E-state index contributed by atoms with van der Waals surface area (Å²) < 4.78 is 0. The van der Waals surface area contributed by atoms with Crippen LogP contribution in [0.3, 0.4) is 0 Å². The zero-order chi connectivity index (χ0) is 6.57. The Balaban J connectivity index is 3.40. The van der Waals surface area contributed by atoms with E-state index >= 15 is 0 Å². The third-order valence-corrected chi connectivity index (χ3v) is 0.639. The lowest BCUT2D eigenvalue weighted by atomic mass is 10.4. The monoisotopic (exact) mass is 114 g/mol. The van der Waals surface area contributed by atoms with Crippen LogP contribution in [0.2, 0.25) is 0 Å². The fraction of sp³-hybridized carbons (Fsp3) is 0.500. The number of nitrogens with one attached hydrogen (secondary N) is 3. The molecule has 0 aromatic heterocycles. The molecule has 0 saturated heterocycles. The van der Waals surface area contributed by atoms with Crippen LogP contribution in [0.25, 0.3) is 0 Å². The fourth-order valence-electron chi connectivity index (χ4n) is 0.251. The minimum absolute atomic E-state index is 0.170. The number of amidine groups is 1. The van der Waals surface area contributed by atoms with Crippen molar-refractivity contribution < 1.29 is 0 Å². The van der Waals surface area contributed by atoms with Gasteiger partial charge in [-0.15, -0.1) is 0 Å². The molecule has 0 aromatic rings. The van der Waals surface area contributed by atoms with Crippen molar-refractivity contribution in [2.75, 3.05) is 0 Å². The molecule has 0 unspecified atom stereocenters. The van der Waals surface area contributed by atoms with Crippen LogP contribution in [0.15, 0.2) is 0 Å². The molecule has 0 fully saturated rings. The van der Waals surface area contributed by atoms with Gasteiger partial charge in [-0.1, -0.05) is 6.92 Å². The van der Waals surface area contributed by atoms with Gasteiger partial charge >= 0.3 is 0 Å². The van der Waals surface area contributed by atoms with Crippen LogP contribution in [0.1, 0.15) is 13.3 Å². The fourth-order valence-corrected chi connectivity index (χ4v) is 0.251. The number of hydrogen-bond acceptors (Lipinski definition) is 2. The molecule has 0 atom stereocenters. The second-order valence-corrected chi connectivity index (χ2v) is 1.37. The first-order chi connectivity index (χ1) is 3.66. The predicted molar refractivity (Wildman–Crippen MR) is 33.1 cm³/mol. The smallest absolute Gasteiger partial charge is 0.191 e. The second-order valence-electron chi connectivity index (χ2n) is 1.37. The minimum atomic E-state index is -0.170. The maximum absolute atomic E-state index is 6.94. The van der Waals surface area contributed by atoms with E-state index in [9.17, 15) is 0 Å². The highest BCUT2D eigenvalue weighted by molar-refractivity contribution is 5.95. The van der Waals surface area contributed by atoms with E-state index in [1.54, 1.807) is 0 Å². The summed E-state index contributed by atoms with van der Waals surface area (Å²) >= 11 is 0. The molecule has 5 N–H and O–H groups in total. The zero-order valence-electron chi connectivity index (χ0n) is 4.78. The Bertz CT molecular complexity index is 107. The average Bonchev–Trinajstić information content (AvgIpc) is 1.65. The molecule has 0 amide bonds. The van der Waals surface area contributed by atoms with Gasteiger partial charge in [-0.25, -0.2) is 0 Å². The molecule has 4 heteroatoms. The lowest BCUT2D eigenvalue weighted by molar-refractivity contribution is 1.11. The Kier molecular flexibility index (Phi) is 2.61. The van der Waals surface area contributed by atoms with Crippen LogP contribution in [-0.4, -0.2) is 11.8 Å². The minimum Gasteiger partial charge on any atom is -0.370 e. The van der Waals surface area contributed by atoms with Crippen LogP contribution >= 0.6 is 0 Å². The standard InChI is InChI=1S/C4H10N4/c1-2-3(5)8-4(6)7/h2H2,1H3,(H5,5,6,7,8). The Hall–Kier alpha value is -1.06. The summed E-state index contributed by atoms with van der Waals surface area (Å²) in [6.07, 6.45) is 0.583. The molecule has 0 heterocycles. The molecule has 0 rings (SSSR count). The van der Waals surface area contributed by atoms with Gasteiger partial charge < -0.3 is 11.1 Å². The zero-order valence-corrected chi connectivity index (χ0v) is 4.78. The quantitative estimate of drug-likeness (QED) is 0.282. The van der Waals surface area contributed by atoms with Crippen molar-refractivity contribution in [1.82, 2.24) is 5.32 Å². The maximum atomic E-state index is 6.94. The second kappa shape index (κ2) is 3.01. The van der Waals surface area contributed by atoms with Gasteiger partial charge in [0.05, 0.1) is 5.84 Å². The van der Waals surface area contributed by atoms with E-state index in [2.05, 4.69) is 5.32 Å². The highest BCUT2D eigenvalue weighted by Crippen LogP contribution is 1.71. The number of hydrogen-bond donors (Lipinski definition) is 4. The molecule has 46 valence electrons. The van der Waals surface area contributed by atoms with Crippen LogP contribution in [0, 0.1) is 10.8 Å².